The minimum Gasteiger partial charge on any atom is -0.497 e. The number of carbonyl (C=O) groups is 2. The van der Waals surface area contributed by atoms with Crippen LogP contribution < -0.4 is 4.74 Å². The Bertz CT molecular complexity index is 468. The molecule has 5 heteroatoms. The lowest BCUT2D eigenvalue weighted by atomic mass is 10.1. The van der Waals surface area contributed by atoms with Crippen molar-refractivity contribution in [3.63, 3.8) is 0 Å². The molecule has 1 aromatic carbocycles. The zero-order valence-electron chi connectivity index (χ0n) is 11.3. The summed E-state index contributed by atoms with van der Waals surface area (Å²) in [6, 6.07) is 7.20. The second-order valence-electron chi connectivity index (χ2n) is 3.85. The minimum absolute atomic E-state index is 0.194. The number of nitrogens with zero attached hydrogens (tertiary/aromatic N) is 1. The lowest BCUT2D eigenvalue weighted by molar-refractivity contribution is -0.139. The van der Waals surface area contributed by atoms with E-state index in [1.54, 1.807) is 24.7 Å². The number of ether oxygens (including phenoxy) is 1. The zero-order chi connectivity index (χ0) is 14.3. The Morgan fingerprint density at radius 3 is 2.47 bits per heavy atom. The molecule has 0 radical (unpaired) electrons. The maximum Gasteiger partial charge on any atom is 0.253 e. The summed E-state index contributed by atoms with van der Waals surface area (Å²) in [5.74, 6) is 0.192. The van der Waals surface area contributed by atoms with Gasteiger partial charge in [0.1, 0.15) is 5.75 Å². The highest BCUT2D eigenvalue weighted by atomic mass is 32.2. The molecule has 0 aliphatic heterocycles. The highest BCUT2D eigenvalue weighted by Crippen LogP contribution is 2.12. The van der Waals surface area contributed by atoms with E-state index in [0.29, 0.717) is 0 Å². The molecule has 0 bridgehead atoms. The summed E-state index contributed by atoms with van der Waals surface area (Å²) >= 11 is 1.41. The lowest BCUT2D eigenvalue weighted by Crippen LogP contribution is -2.32. The van der Waals surface area contributed by atoms with Crippen molar-refractivity contribution in [2.24, 2.45) is 0 Å². The topological polar surface area (TPSA) is 46.6 Å². The van der Waals surface area contributed by atoms with Crippen LogP contribution in [0.25, 0.3) is 0 Å². The quantitative estimate of drug-likeness (QED) is 0.774. The number of likely N-dealkylation sites (N-methyl/N-ethyl adjacent to an activating group) is 1. The van der Waals surface area contributed by atoms with Crippen LogP contribution in [0, 0.1) is 0 Å². The lowest BCUT2D eigenvalue weighted by Gasteiger charge is -2.13. The van der Waals surface area contributed by atoms with E-state index in [9.17, 15) is 9.59 Å². The number of thioether (sulfide) groups is 1. The van der Waals surface area contributed by atoms with Crippen molar-refractivity contribution in [3.8, 4) is 5.75 Å². The van der Waals surface area contributed by atoms with Crippen molar-refractivity contribution in [1.82, 2.24) is 4.90 Å². The van der Waals surface area contributed by atoms with E-state index in [1.807, 2.05) is 18.4 Å². The molecule has 0 fully saturated rings. The van der Waals surface area contributed by atoms with Crippen molar-refractivity contribution in [3.05, 3.63) is 41.3 Å². The van der Waals surface area contributed by atoms with Crippen LogP contribution in [0.3, 0.4) is 0 Å². The number of carbonyl (C=O) groups excluding carboxylic acids is 2. The molecule has 0 aliphatic carbocycles. The highest BCUT2D eigenvalue weighted by Gasteiger charge is 2.14. The Morgan fingerprint density at radius 1 is 1.32 bits per heavy atom. The van der Waals surface area contributed by atoms with Crippen LogP contribution in [-0.2, 0) is 16.0 Å². The number of rotatable bonds is 5. The molecule has 0 heterocycles. The predicted octanol–water partition coefficient (Wildman–Crippen LogP) is 2.10. The van der Waals surface area contributed by atoms with Gasteiger partial charge in [-0.3, -0.25) is 14.5 Å². The largest absolute Gasteiger partial charge is 0.497 e. The first-order valence-electron chi connectivity index (χ1n) is 5.71. The van der Waals surface area contributed by atoms with Crippen molar-refractivity contribution in [1.29, 1.82) is 0 Å². The van der Waals surface area contributed by atoms with E-state index in [1.165, 1.54) is 24.9 Å². The smallest absolute Gasteiger partial charge is 0.253 e. The monoisotopic (exact) mass is 279 g/mol. The van der Waals surface area contributed by atoms with Crippen LogP contribution in [0.5, 0.6) is 5.75 Å². The average molecular weight is 279 g/mol. The van der Waals surface area contributed by atoms with E-state index in [4.69, 9.17) is 4.74 Å². The fraction of sp³-hybridized carbons (Fsp3) is 0.286. The van der Waals surface area contributed by atoms with Crippen LogP contribution >= 0.6 is 11.8 Å². The van der Waals surface area contributed by atoms with Gasteiger partial charge in [0, 0.05) is 13.1 Å². The van der Waals surface area contributed by atoms with Gasteiger partial charge in [0.25, 0.3) is 5.91 Å². The van der Waals surface area contributed by atoms with Crippen LogP contribution in [0.4, 0.5) is 0 Å². The number of hydrogen-bond acceptors (Lipinski definition) is 4. The fourth-order valence-corrected chi connectivity index (χ4v) is 1.65. The summed E-state index contributed by atoms with van der Waals surface area (Å²) in [4.78, 5) is 24.6. The zero-order valence-corrected chi connectivity index (χ0v) is 12.1. The third-order valence-electron chi connectivity index (χ3n) is 2.57. The first kappa shape index (κ1) is 15.3. The van der Waals surface area contributed by atoms with Gasteiger partial charge in [-0.25, -0.2) is 0 Å². The molecule has 0 aromatic heterocycles. The van der Waals surface area contributed by atoms with Crippen LogP contribution in [0.1, 0.15) is 5.56 Å². The van der Waals surface area contributed by atoms with E-state index in [-0.39, 0.29) is 18.2 Å². The number of amides is 2. The van der Waals surface area contributed by atoms with E-state index in [0.717, 1.165) is 16.2 Å². The molecular weight excluding hydrogens is 262 g/mol. The third kappa shape index (κ3) is 4.79. The number of hydrogen-bond donors (Lipinski definition) is 0. The summed E-state index contributed by atoms with van der Waals surface area (Å²) in [6.45, 7) is 0. The Morgan fingerprint density at radius 2 is 1.95 bits per heavy atom. The van der Waals surface area contributed by atoms with Gasteiger partial charge in [-0.05, 0) is 29.4 Å². The number of imide groups is 1. The molecule has 102 valence electrons. The van der Waals surface area contributed by atoms with Gasteiger partial charge in [0.15, 0.2) is 0 Å². The highest BCUT2D eigenvalue weighted by molar-refractivity contribution is 8.01. The molecule has 1 rings (SSSR count). The SMILES string of the molecule is COc1ccc(CC(=O)N(C)C(=O)C=CSC)cc1. The summed E-state index contributed by atoms with van der Waals surface area (Å²) in [7, 11) is 3.07. The Hall–Kier alpha value is -1.75. The van der Waals surface area contributed by atoms with E-state index in [2.05, 4.69) is 0 Å². The van der Waals surface area contributed by atoms with Gasteiger partial charge in [-0.2, -0.15) is 0 Å². The Balaban J connectivity index is 2.62. The second-order valence-corrected chi connectivity index (χ2v) is 4.60. The van der Waals surface area contributed by atoms with Gasteiger partial charge in [-0.15, -0.1) is 11.8 Å². The molecule has 1 aromatic rings. The molecular formula is C14H17NO3S. The first-order valence-corrected chi connectivity index (χ1v) is 7.00. The molecule has 0 saturated carbocycles. The fourth-order valence-electron chi connectivity index (χ4n) is 1.40. The molecule has 0 N–H and O–H groups in total. The normalized spacial score (nSPS) is 10.5. The van der Waals surface area contributed by atoms with E-state index < -0.39 is 0 Å². The molecule has 0 aliphatic rings. The van der Waals surface area contributed by atoms with Crippen molar-refractivity contribution in [2.75, 3.05) is 20.4 Å². The van der Waals surface area contributed by atoms with Crippen LogP contribution in [0.15, 0.2) is 35.7 Å². The maximum atomic E-state index is 11.9. The average Bonchev–Trinajstić information content (AvgIpc) is 2.44. The summed E-state index contributed by atoms with van der Waals surface area (Å²) in [6.07, 6.45) is 3.43. The standard InChI is InChI=1S/C14H17NO3S/c1-15(13(16)8-9-19-3)14(17)10-11-4-6-12(18-2)7-5-11/h4-9H,10H2,1-3H3. The molecule has 0 unspecified atom stereocenters. The molecule has 0 saturated heterocycles. The van der Waals surface area contributed by atoms with Crippen molar-refractivity contribution >= 4 is 23.6 Å². The minimum atomic E-state index is -0.312. The molecule has 0 spiro atoms. The van der Waals surface area contributed by atoms with Crippen molar-refractivity contribution in [2.45, 2.75) is 6.42 Å². The number of methoxy groups -OCH3 is 1. The van der Waals surface area contributed by atoms with Crippen molar-refractivity contribution < 1.29 is 14.3 Å². The third-order valence-corrected chi connectivity index (χ3v) is 2.97. The van der Waals surface area contributed by atoms with Gasteiger partial charge < -0.3 is 4.74 Å². The van der Waals surface area contributed by atoms with Gasteiger partial charge in [0.2, 0.25) is 5.91 Å². The molecule has 4 nitrogen and oxygen atoms in total. The summed E-state index contributed by atoms with van der Waals surface area (Å²) in [5, 5.41) is 1.65. The van der Waals surface area contributed by atoms with Gasteiger partial charge in [0.05, 0.1) is 13.5 Å². The molecule has 19 heavy (non-hydrogen) atoms. The Labute approximate surface area is 117 Å². The second kappa shape index (κ2) is 7.63. The van der Waals surface area contributed by atoms with Crippen LogP contribution in [0.2, 0.25) is 0 Å². The predicted molar refractivity (Wildman–Crippen MR) is 77.1 cm³/mol. The van der Waals surface area contributed by atoms with Crippen LogP contribution in [-0.4, -0.2) is 37.1 Å². The first-order chi connectivity index (χ1) is 9.08. The maximum absolute atomic E-state index is 11.9. The summed E-state index contributed by atoms with van der Waals surface area (Å²) in [5.41, 5.74) is 0.847. The van der Waals surface area contributed by atoms with E-state index >= 15 is 0 Å². The summed E-state index contributed by atoms with van der Waals surface area (Å²) < 4.78 is 5.04. The van der Waals surface area contributed by atoms with Gasteiger partial charge in [-0.1, -0.05) is 12.1 Å². The molecule has 0 atom stereocenters. The van der Waals surface area contributed by atoms with Gasteiger partial charge >= 0.3 is 0 Å². The number of benzene rings is 1. The Kier molecular flexibility index (Phi) is 6.15. The molecule has 2 amide bonds.